The van der Waals surface area contributed by atoms with Gasteiger partial charge in [-0.25, -0.2) is 4.79 Å². The molecule has 4 nitrogen and oxygen atoms in total. The van der Waals surface area contributed by atoms with Crippen LogP contribution in [0.5, 0.6) is 0 Å². The number of fused-ring (bicyclic) bond motifs is 1. The topological polar surface area (TPSA) is 49.8 Å². The van der Waals surface area contributed by atoms with Crippen molar-refractivity contribution in [2.24, 2.45) is 0 Å². The van der Waals surface area contributed by atoms with E-state index in [2.05, 4.69) is 0 Å². The fourth-order valence-corrected chi connectivity index (χ4v) is 2.24. The van der Waals surface area contributed by atoms with Gasteiger partial charge in [-0.15, -0.1) is 0 Å². The summed E-state index contributed by atoms with van der Waals surface area (Å²) in [4.78, 5) is 11.2. The van der Waals surface area contributed by atoms with Crippen LogP contribution in [0.3, 0.4) is 0 Å². The Kier molecular flexibility index (Phi) is 4.24. The fourth-order valence-electron chi connectivity index (χ4n) is 1.95. The van der Waals surface area contributed by atoms with Crippen molar-refractivity contribution >= 4 is 34.2 Å². The lowest BCUT2D eigenvalue weighted by atomic mass is 10.1. The molecule has 100 valence electrons. The van der Waals surface area contributed by atoms with Crippen molar-refractivity contribution in [1.29, 1.82) is 0 Å². The Morgan fingerprint density at radius 3 is 2.68 bits per heavy atom. The number of methoxy groups -OCH3 is 1. The van der Waals surface area contributed by atoms with Crippen molar-refractivity contribution in [2.75, 3.05) is 18.1 Å². The quantitative estimate of drug-likeness (QED) is 0.855. The van der Waals surface area contributed by atoms with Crippen molar-refractivity contribution in [3.63, 3.8) is 0 Å². The predicted molar refractivity (Wildman–Crippen MR) is 75.6 cm³/mol. The molecule has 0 fully saturated rings. The van der Waals surface area contributed by atoms with E-state index in [1.54, 1.807) is 6.07 Å². The molecule has 1 unspecified atom stereocenters. The summed E-state index contributed by atoms with van der Waals surface area (Å²) in [5, 5.41) is 11.1. The molecule has 0 saturated heterocycles. The van der Waals surface area contributed by atoms with E-state index in [1.165, 1.54) is 11.5 Å². The van der Waals surface area contributed by atoms with E-state index in [-0.39, 0.29) is 6.61 Å². The molecule has 0 aromatic heterocycles. The van der Waals surface area contributed by atoms with Crippen LogP contribution < -0.4 is 4.42 Å². The molecule has 0 aliphatic carbocycles. The number of benzene rings is 2. The van der Waals surface area contributed by atoms with Gasteiger partial charge in [0.15, 0.2) is 6.04 Å². The second-order valence-electron chi connectivity index (χ2n) is 4.12. The number of halogens is 1. The molecule has 0 radical (unpaired) electrons. The van der Waals surface area contributed by atoms with E-state index in [1.807, 2.05) is 36.4 Å². The van der Waals surface area contributed by atoms with Crippen molar-refractivity contribution in [1.82, 2.24) is 0 Å². The SMILES string of the molecule is COCC(C(=O)O)N(Cl)c1cccc2ccccc12. The fraction of sp³-hybridized carbons (Fsp3) is 0.214. The van der Waals surface area contributed by atoms with Gasteiger partial charge in [0.2, 0.25) is 0 Å². The zero-order chi connectivity index (χ0) is 13.8. The van der Waals surface area contributed by atoms with Gasteiger partial charge in [-0.3, -0.25) is 4.42 Å². The first-order valence-electron chi connectivity index (χ1n) is 5.79. The van der Waals surface area contributed by atoms with E-state index in [0.717, 1.165) is 10.8 Å². The Balaban J connectivity index is 2.45. The minimum absolute atomic E-state index is 0.0159. The van der Waals surface area contributed by atoms with Crippen molar-refractivity contribution < 1.29 is 14.6 Å². The number of ether oxygens (including phenoxy) is 1. The molecule has 1 N–H and O–H groups in total. The van der Waals surface area contributed by atoms with Crippen LogP contribution in [-0.2, 0) is 9.53 Å². The van der Waals surface area contributed by atoms with E-state index in [0.29, 0.717) is 5.69 Å². The first-order chi connectivity index (χ1) is 9.15. The highest BCUT2D eigenvalue weighted by atomic mass is 35.5. The average molecular weight is 280 g/mol. The Bertz CT molecular complexity index is 582. The Labute approximate surface area is 116 Å². The number of nitrogens with zero attached hydrogens (tertiary/aromatic N) is 1. The van der Waals surface area contributed by atoms with Crippen LogP contribution in [0.1, 0.15) is 0 Å². The minimum Gasteiger partial charge on any atom is -0.480 e. The highest BCUT2D eigenvalue weighted by Crippen LogP contribution is 2.29. The number of carboxylic acid groups (broad SMARTS) is 1. The summed E-state index contributed by atoms with van der Waals surface area (Å²) in [6.07, 6.45) is 0. The van der Waals surface area contributed by atoms with Gasteiger partial charge in [0.1, 0.15) is 0 Å². The van der Waals surface area contributed by atoms with Crippen molar-refractivity contribution in [3.05, 3.63) is 42.5 Å². The molecular formula is C14H14ClNO3. The van der Waals surface area contributed by atoms with Gasteiger partial charge in [0, 0.05) is 24.3 Å². The number of carbonyl (C=O) groups is 1. The summed E-state index contributed by atoms with van der Waals surface area (Å²) in [7, 11) is 1.45. The minimum atomic E-state index is -1.02. The molecular weight excluding hydrogens is 266 g/mol. The standard InChI is InChI=1S/C14H14ClNO3/c1-19-9-13(14(17)18)16(15)12-8-4-6-10-5-2-3-7-11(10)12/h2-8,13H,9H2,1H3,(H,17,18). The molecule has 0 aliphatic rings. The van der Waals surface area contributed by atoms with Crippen LogP contribution in [0.15, 0.2) is 42.5 Å². The van der Waals surface area contributed by atoms with Gasteiger partial charge in [-0.1, -0.05) is 36.4 Å². The van der Waals surface area contributed by atoms with E-state index >= 15 is 0 Å². The van der Waals surface area contributed by atoms with Crippen molar-refractivity contribution in [3.8, 4) is 0 Å². The zero-order valence-electron chi connectivity index (χ0n) is 10.4. The summed E-state index contributed by atoms with van der Waals surface area (Å²) in [6.45, 7) is 0.0159. The lowest BCUT2D eigenvalue weighted by molar-refractivity contribution is -0.139. The van der Waals surface area contributed by atoms with Crippen molar-refractivity contribution in [2.45, 2.75) is 6.04 Å². The third-order valence-corrected chi connectivity index (χ3v) is 3.30. The van der Waals surface area contributed by atoms with Gasteiger partial charge < -0.3 is 9.84 Å². The number of anilines is 1. The van der Waals surface area contributed by atoms with Gasteiger partial charge >= 0.3 is 5.97 Å². The van der Waals surface area contributed by atoms with Crippen LogP contribution in [0, 0.1) is 0 Å². The Hall–Kier alpha value is -1.78. The monoisotopic (exact) mass is 279 g/mol. The van der Waals surface area contributed by atoms with E-state index < -0.39 is 12.0 Å². The van der Waals surface area contributed by atoms with Crippen LogP contribution >= 0.6 is 11.8 Å². The van der Waals surface area contributed by atoms with Gasteiger partial charge in [0.25, 0.3) is 0 Å². The van der Waals surface area contributed by atoms with E-state index in [9.17, 15) is 9.90 Å². The third-order valence-electron chi connectivity index (χ3n) is 2.88. The van der Waals surface area contributed by atoms with Crippen LogP contribution in [0.4, 0.5) is 5.69 Å². The number of hydrogen-bond donors (Lipinski definition) is 1. The highest BCUT2D eigenvalue weighted by Gasteiger charge is 2.25. The third kappa shape index (κ3) is 2.80. The predicted octanol–water partition coefficient (Wildman–Crippen LogP) is 2.90. The smallest absolute Gasteiger partial charge is 0.330 e. The summed E-state index contributed by atoms with van der Waals surface area (Å²) in [5.74, 6) is -1.02. The highest BCUT2D eigenvalue weighted by molar-refractivity contribution is 6.29. The summed E-state index contributed by atoms with van der Waals surface area (Å²) < 4.78 is 6.13. The van der Waals surface area contributed by atoms with E-state index in [4.69, 9.17) is 16.5 Å². The maximum absolute atomic E-state index is 11.2. The maximum Gasteiger partial charge on any atom is 0.330 e. The summed E-state index contributed by atoms with van der Waals surface area (Å²) in [5.41, 5.74) is 0.657. The van der Waals surface area contributed by atoms with Gasteiger partial charge in [-0.05, 0) is 11.5 Å². The van der Waals surface area contributed by atoms with Gasteiger partial charge in [-0.2, -0.15) is 0 Å². The molecule has 2 rings (SSSR count). The Morgan fingerprint density at radius 2 is 2.00 bits per heavy atom. The molecule has 0 bridgehead atoms. The number of hydrogen-bond acceptors (Lipinski definition) is 3. The van der Waals surface area contributed by atoms with Crippen LogP contribution in [-0.4, -0.2) is 30.8 Å². The van der Waals surface area contributed by atoms with Gasteiger partial charge in [0.05, 0.1) is 12.3 Å². The lowest BCUT2D eigenvalue weighted by Crippen LogP contribution is -2.38. The first-order valence-corrected chi connectivity index (χ1v) is 6.13. The molecule has 0 amide bonds. The molecule has 5 heteroatoms. The molecule has 0 saturated carbocycles. The molecule has 2 aromatic carbocycles. The normalized spacial score (nSPS) is 12.3. The number of rotatable bonds is 5. The molecule has 2 aromatic rings. The zero-order valence-corrected chi connectivity index (χ0v) is 11.2. The van der Waals surface area contributed by atoms with Crippen LogP contribution in [0.25, 0.3) is 10.8 Å². The first kappa shape index (κ1) is 13.6. The van der Waals surface area contributed by atoms with Crippen LogP contribution in [0.2, 0.25) is 0 Å². The molecule has 1 atom stereocenters. The molecule has 0 heterocycles. The second-order valence-corrected chi connectivity index (χ2v) is 4.48. The molecule has 0 spiro atoms. The largest absolute Gasteiger partial charge is 0.480 e. The summed E-state index contributed by atoms with van der Waals surface area (Å²) >= 11 is 6.20. The Morgan fingerprint density at radius 1 is 1.32 bits per heavy atom. The summed E-state index contributed by atoms with van der Waals surface area (Å²) in [6, 6.07) is 12.3. The maximum atomic E-state index is 11.2. The number of carboxylic acids is 1. The lowest BCUT2D eigenvalue weighted by Gasteiger charge is -2.24. The molecule has 19 heavy (non-hydrogen) atoms. The second kappa shape index (κ2) is 5.91. The average Bonchev–Trinajstić information content (AvgIpc) is 2.43. The number of aliphatic carboxylic acids is 1. The molecule has 0 aliphatic heterocycles.